The van der Waals surface area contributed by atoms with Gasteiger partial charge < -0.3 is 4.72 Å². The molecule has 0 atom stereocenters. The third kappa shape index (κ3) is 4.50. The topological polar surface area (TPSA) is 24.4 Å². The van der Waals surface area contributed by atoms with Gasteiger partial charge in [0, 0.05) is 48.2 Å². The summed E-state index contributed by atoms with van der Waals surface area (Å²) in [5.74, 6) is 1.00. The second-order valence-electron chi connectivity index (χ2n) is 0.937. The summed E-state index contributed by atoms with van der Waals surface area (Å²) in [6.07, 6.45) is 0. The van der Waals surface area contributed by atoms with Crippen LogP contribution in [0, 0.1) is 0 Å². The SMILES string of the molecule is CC1=NSSN1.II. The van der Waals surface area contributed by atoms with Crippen LogP contribution >= 0.6 is 59.2 Å². The molecule has 1 rings (SSSR count). The highest BCUT2D eigenvalue weighted by atomic mass is 128. The van der Waals surface area contributed by atoms with Crippen LogP contribution in [0.25, 0.3) is 0 Å². The van der Waals surface area contributed by atoms with Crippen LogP contribution in [0.4, 0.5) is 0 Å². The van der Waals surface area contributed by atoms with Crippen LogP contribution < -0.4 is 4.72 Å². The van der Waals surface area contributed by atoms with Crippen molar-refractivity contribution < 1.29 is 0 Å². The van der Waals surface area contributed by atoms with Gasteiger partial charge in [0.25, 0.3) is 0 Å². The minimum atomic E-state index is 1.00. The first-order valence-corrected chi connectivity index (χ1v) is 10.1. The van der Waals surface area contributed by atoms with Gasteiger partial charge in [-0.15, -0.1) is 0 Å². The molecule has 0 amide bonds. The smallest absolute Gasteiger partial charge is 0.118 e. The minimum Gasteiger partial charge on any atom is -0.307 e. The molecule has 0 aromatic carbocycles. The molecule has 0 aliphatic carbocycles. The van der Waals surface area contributed by atoms with Crippen LogP contribution in [0.5, 0.6) is 0 Å². The standard InChI is InChI=1S/C2H4N2S2.I2/c1-2-3-5-6-4-2;1-2/h1H3,(H,3,4);. The Morgan fingerprint density at radius 1 is 1.62 bits per heavy atom. The van der Waals surface area contributed by atoms with Gasteiger partial charge in [-0.3, -0.25) is 0 Å². The van der Waals surface area contributed by atoms with Crippen LogP contribution in [-0.4, -0.2) is 5.84 Å². The molecule has 48 valence electrons. The van der Waals surface area contributed by atoms with E-state index in [1.165, 1.54) is 11.0 Å². The van der Waals surface area contributed by atoms with Gasteiger partial charge in [0.2, 0.25) is 0 Å². The molecule has 8 heavy (non-hydrogen) atoms. The van der Waals surface area contributed by atoms with Crippen molar-refractivity contribution in [2.24, 2.45) is 4.40 Å². The van der Waals surface area contributed by atoms with Gasteiger partial charge in [-0.05, 0) is 6.92 Å². The number of halogens is 2. The average molecular weight is 374 g/mol. The summed E-state index contributed by atoms with van der Waals surface area (Å²) in [7, 11) is 3.02. The Hall–Kier alpha value is 1.63. The molecule has 0 saturated carbocycles. The highest BCUT2D eigenvalue weighted by Gasteiger charge is 1.96. The van der Waals surface area contributed by atoms with Crippen molar-refractivity contribution in [1.82, 2.24) is 4.72 Å². The van der Waals surface area contributed by atoms with Crippen LogP contribution in [0.2, 0.25) is 0 Å². The maximum Gasteiger partial charge on any atom is 0.118 e. The van der Waals surface area contributed by atoms with Crippen molar-refractivity contribution in [1.29, 1.82) is 0 Å². The van der Waals surface area contributed by atoms with Crippen LogP contribution in [-0.2, 0) is 0 Å². The van der Waals surface area contributed by atoms with Gasteiger partial charge in [0.05, 0.1) is 11.0 Å². The summed E-state index contributed by atoms with van der Waals surface area (Å²) < 4.78 is 6.87. The van der Waals surface area contributed by atoms with E-state index in [-0.39, 0.29) is 0 Å². The molecule has 0 radical (unpaired) electrons. The molecular weight excluding hydrogens is 370 g/mol. The van der Waals surface area contributed by atoms with Crippen LogP contribution in [0.15, 0.2) is 4.40 Å². The lowest BCUT2D eigenvalue weighted by atomic mass is 10.8. The number of amidine groups is 1. The van der Waals surface area contributed by atoms with Crippen molar-refractivity contribution in [3.63, 3.8) is 0 Å². The summed E-state index contributed by atoms with van der Waals surface area (Å²) in [6, 6.07) is 0. The predicted molar refractivity (Wildman–Crippen MR) is 59.5 cm³/mol. The van der Waals surface area contributed by atoms with Crippen molar-refractivity contribution >= 4 is 65.0 Å². The number of hydrogen-bond acceptors (Lipinski definition) is 4. The second-order valence-corrected chi connectivity index (χ2v) is 2.59. The summed E-state index contributed by atoms with van der Waals surface area (Å²) in [5, 5.41) is 0. The van der Waals surface area contributed by atoms with Gasteiger partial charge in [0.15, 0.2) is 0 Å². The van der Waals surface area contributed by atoms with Crippen molar-refractivity contribution in [3.05, 3.63) is 0 Å². The Balaban J connectivity index is 0.000000222. The van der Waals surface area contributed by atoms with Gasteiger partial charge in [0.1, 0.15) is 5.84 Å². The molecular formula is C2H4I2N2S2. The fourth-order valence-corrected chi connectivity index (χ4v) is 1.55. The van der Waals surface area contributed by atoms with Crippen LogP contribution in [0.3, 0.4) is 0 Å². The number of nitrogens with one attached hydrogen (secondary N) is 1. The van der Waals surface area contributed by atoms with E-state index in [2.05, 4.69) is 46.4 Å². The predicted octanol–water partition coefficient (Wildman–Crippen LogP) is 2.99. The molecule has 0 unspecified atom stereocenters. The Kier molecular flexibility index (Phi) is 8.12. The molecule has 1 N–H and O–H groups in total. The molecule has 0 aromatic heterocycles. The Morgan fingerprint density at radius 2 is 2.25 bits per heavy atom. The Morgan fingerprint density at radius 3 is 2.38 bits per heavy atom. The minimum absolute atomic E-state index is 1.00. The molecule has 0 aromatic rings. The largest absolute Gasteiger partial charge is 0.307 e. The maximum absolute atomic E-state index is 3.92. The zero-order chi connectivity index (χ0) is 6.41. The van der Waals surface area contributed by atoms with E-state index < -0.39 is 0 Å². The first-order chi connectivity index (χ1) is 3.89. The van der Waals surface area contributed by atoms with E-state index in [1.54, 1.807) is 11.0 Å². The van der Waals surface area contributed by atoms with E-state index in [4.69, 9.17) is 0 Å². The van der Waals surface area contributed by atoms with Crippen molar-refractivity contribution in [3.8, 4) is 0 Å². The third-order valence-electron chi connectivity index (χ3n) is 0.401. The van der Waals surface area contributed by atoms with Gasteiger partial charge in [-0.25, -0.2) is 0 Å². The lowest BCUT2D eigenvalue weighted by molar-refractivity contribution is 1.50. The molecule has 0 saturated heterocycles. The molecule has 1 aliphatic heterocycles. The van der Waals surface area contributed by atoms with E-state index in [9.17, 15) is 0 Å². The van der Waals surface area contributed by atoms with Gasteiger partial charge in [-0.2, -0.15) is 4.40 Å². The first-order valence-electron chi connectivity index (χ1n) is 1.67. The molecule has 0 spiro atoms. The fourth-order valence-electron chi connectivity index (χ4n) is 0.172. The molecule has 0 bridgehead atoms. The highest BCUT2D eigenvalue weighted by molar-refractivity contribution is 15.0. The quantitative estimate of drug-likeness (QED) is 0.401. The van der Waals surface area contributed by atoms with Gasteiger partial charge >= 0.3 is 0 Å². The first kappa shape index (κ1) is 9.63. The zero-order valence-corrected chi connectivity index (χ0v) is 9.97. The van der Waals surface area contributed by atoms with Gasteiger partial charge in [-0.1, -0.05) is 0 Å². The number of hydrogen-bond donors (Lipinski definition) is 1. The van der Waals surface area contributed by atoms with E-state index >= 15 is 0 Å². The summed E-state index contributed by atoms with van der Waals surface area (Å²) in [4.78, 5) is 0. The molecule has 1 aliphatic rings. The lowest BCUT2D eigenvalue weighted by Gasteiger charge is -1.81. The van der Waals surface area contributed by atoms with E-state index in [1.807, 2.05) is 6.92 Å². The summed E-state index contributed by atoms with van der Waals surface area (Å²) >= 11 is 4.24. The zero-order valence-electron chi connectivity index (χ0n) is 4.02. The average Bonchev–Trinajstić information content (AvgIpc) is 2.24. The Bertz CT molecular complexity index is 86.1. The fraction of sp³-hybridized carbons (Fsp3) is 0.500. The lowest BCUT2D eigenvalue weighted by Crippen LogP contribution is -2.03. The monoisotopic (exact) mass is 374 g/mol. The van der Waals surface area contributed by atoms with Crippen molar-refractivity contribution in [2.75, 3.05) is 0 Å². The van der Waals surface area contributed by atoms with Crippen molar-refractivity contribution in [2.45, 2.75) is 6.92 Å². The number of rotatable bonds is 0. The van der Waals surface area contributed by atoms with E-state index in [0.29, 0.717) is 0 Å². The number of nitrogens with zero attached hydrogens (tertiary/aromatic N) is 1. The molecule has 2 nitrogen and oxygen atoms in total. The molecule has 1 heterocycles. The maximum atomic E-state index is 3.92. The highest BCUT2D eigenvalue weighted by Crippen LogP contribution is 2.23. The normalized spacial score (nSPS) is 15.6. The Labute approximate surface area is 80.0 Å². The summed E-state index contributed by atoms with van der Waals surface area (Å²) in [5.41, 5.74) is 0. The molecule has 6 heteroatoms. The second kappa shape index (κ2) is 6.75. The van der Waals surface area contributed by atoms with Crippen LogP contribution in [0.1, 0.15) is 6.92 Å². The summed E-state index contributed by atoms with van der Waals surface area (Å²) in [6.45, 7) is 1.94. The van der Waals surface area contributed by atoms with E-state index in [0.717, 1.165) is 5.84 Å². The third-order valence-corrected chi connectivity index (χ3v) is 1.90. The molecule has 0 fully saturated rings.